The molecular formula is C9H9NO2. The van der Waals surface area contributed by atoms with Gasteiger partial charge in [-0.15, -0.1) is 0 Å². The summed E-state index contributed by atoms with van der Waals surface area (Å²) in [7, 11) is 0. The molecule has 0 amide bonds. The molecule has 0 heterocycles. The molecule has 1 aromatic carbocycles. The Balaban J connectivity index is 2.77. The van der Waals surface area contributed by atoms with Crippen LogP contribution in [0.25, 0.3) is 6.08 Å². The maximum absolute atomic E-state index is 9.96. The van der Waals surface area contributed by atoms with E-state index in [-0.39, 0.29) is 0 Å². The van der Waals surface area contributed by atoms with Crippen molar-refractivity contribution in [1.82, 2.24) is 0 Å². The van der Waals surface area contributed by atoms with Crippen molar-refractivity contribution in [3.63, 3.8) is 0 Å². The van der Waals surface area contributed by atoms with Gasteiger partial charge in [0.2, 0.25) is 6.20 Å². The number of nitrogens with zero attached hydrogens (tertiary/aromatic N) is 1. The number of benzene rings is 1. The van der Waals surface area contributed by atoms with Gasteiger partial charge in [-0.3, -0.25) is 10.1 Å². The van der Waals surface area contributed by atoms with Gasteiger partial charge >= 0.3 is 0 Å². The fourth-order valence-electron chi connectivity index (χ4n) is 0.824. The predicted molar refractivity (Wildman–Crippen MR) is 47.2 cm³/mol. The van der Waals surface area contributed by atoms with Gasteiger partial charge in [-0.1, -0.05) is 29.8 Å². The summed E-state index contributed by atoms with van der Waals surface area (Å²) in [5, 5.41) is 9.96. The van der Waals surface area contributed by atoms with Crippen LogP contribution in [0.4, 0.5) is 0 Å². The average molecular weight is 163 g/mol. The Hall–Kier alpha value is -1.64. The lowest BCUT2D eigenvalue weighted by molar-refractivity contribution is -0.400. The van der Waals surface area contributed by atoms with E-state index in [4.69, 9.17) is 0 Å². The largest absolute Gasteiger partial charge is 0.259 e. The van der Waals surface area contributed by atoms with E-state index in [9.17, 15) is 10.1 Å². The third-order valence-corrected chi connectivity index (χ3v) is 1.47. The lowest BCUT2D eigenvalue weighted by Crippen LogP contribution is -1.82. The Morgan fingerprint density at radius 2 is 1.92 bits per heavy atom. The van der Waals surface area contributed by atoms with E-state index in [1.807, 2.05) is 31.2 Å². The molecule has 0 unspecified atom stereocenters. The van der Waals surface area contributed by atoms with Crippen LogP contribution < -0.4 is 0 Å². The van der Waals surface area contributed by atoms with E-state index >= 15 is 0 Å². The highest BCUT2D eigenvalue weighted by Crippen LogP contribution is 2.04. The highest BCUT2D eigenvalue weighted by Gasteiger charge is 1.88. The van der Waals surface area contributed by atoms with Crippen LogP contribution in [0, 0.1) is 17.0 Å². The van der Waals surface area contributed by atoms with Crippen LogP contribution in [0.1, 0.15) is 11.1 Å². The maximum atomic E-state index is 9.96. The first kappa shape index (κ1) is 8.46. The molecule has 0 radical (unpaired) electrons. The van der Waals surface area contributed by atoms with Gasteiger partial charge in [0.1, 0.15) is 0 Å². The molecule has 0 aliphatic heterocycles. The lowest BCUT2D eigenvalue weighted by Gasteiger charge is -1.91. The normalized spacial score (nSPS) is 10.4. The second kappa shape index (κ2) is 3.67. The summed E-state index contributed by atoms with van der Waals surface area (Å²) in [5.41, 5.74) is 1.99. The molecule has 0 saturated carbocycles. The Bertz CT molecular complexity index is 301. The fourth-order valence-corrected chi connectivity index (χ4v) is 0.824. The number of aryl methyl sites for hydroxylation is 1. The summed E-state index contributed by atoms with van der Waals surface area (Å²) in [6.45, 7) is 1.97. The summed E-state index contributed by atoms with van der Waals surface area (Å²) in [5.74, 6) is 0. The van der Waals surface area contributed by atoms with Crippen LogP contribution in [0.3, 0.4) is 0 Å². The molecule has 0 fully saturated rings. The summed E-state index contributed by atoms with van der Waals surface area (Å²) in [4.78, 5) is 9.49. The topological polar surface area (TPSA) is 43.1 Å². The average Bonchev–Trinajstić information content (AvgIpc) is 2.03. The molecule has 62 valence electrons. The molecule has 0 spiro atoms. The van der Waals surface area contributed by atoms with Gasteiger partial charge in [0, 0.05) is 6.08 Å². The van der Waals surface area contributed by atoms with Crippen LogP contribution in [-0.2, 0) is 0 Å². The number of hydrogen-bond donors (Lipinski definition) is 0. The van der Waals surface area contributed by atoms with Crippen molar-refractivity contribution in [1.29, 1.82) is 0 Å². The molecule has 3 heteroatoms. The Morgan fingerprint density at radius 3 is 2.42 bits per heavy atom. The monoisotopic (exact) mass is 163 g/mol. The van der Waals surface area contributed by atoms with Gasteiger partial charge in [0.15, 0.2) is 0 Å². The minimum Gasteiger partial charge on any atom is -0.259 e. The van der Waals surface area contributed by atoms with Gasteiger partial charge in [-0.2, -0.15) is 0 Å². The number of hydrogen-bond acceptors (Lipinski definition) is 2. The van der Waals surface area contributed by atoms with E-state index in [1.54, 1.807) is 0 Å². The maximum Gasteiger partial charge on any atom is 0.235 e. The SMILES string of the molecule is Cc1ccc(C=C[N+](=O)[O-])cc1. The molecule has 0 saturated heterocycles. The first-order valence-corrected chi connectivity index (χ1v) is 3.57. The van der Waals surface area contributed by atoms with Crippen LogP contribution in [0.15, 0.2) is 30.5 Å². The van der Waals surface area contributed by atoms with Crippen molar-refractivity contribution in [2.24, 2.45) is 0 Å². The molecule has 0 aliphatic carbocycles. The van der Waals surface area contributed by atoms with Crippen LogP contribution in [0.2, 0.25) is 0 Å². The molecule has 1 aromatic rings. The van der Waals surface area contributed by atoms with Crippen molar-refractivity contribution in [3.8, 4) is 0 Å². The molecule has 0 atom stereocenters. The van der Waals surface area contributed by atoms with E-state index in [0.717, 1.165) is 17.3 Å². The highest BCUT2D eigenvalue weighted by molar-refractivity contribution is 5.48. The van der Waals surface area contributed by atoms with Crippen molar-refractivity contribution >= 4 is 6.08 Å². The van der Waals surface area contributed by atoms with Crippen molar-refractivity contribution in [2.45, 2.75) is 6.92 Å². The number of nitro groups is 1. The summed E-state index contributed by atoms with van der Waals surface area (Å²) >= 11 is 0. The quantitative estimate of drug-likeness (QED) is 0.495. The van der Waals surface area contributed by atoms with Gasteiger partial charge in [-0.25, -0.2) is 0 Å². The first-order chi connectivity index (χ1) is 5.68. The van der Waals surface area contributed by atoms with E-state index in [0.29, 0.717) is 0 Å². The molecular weight excluding hydrogens is 154 g/mol. The zero-order valence-electron chi connectivity index (χ0n) is 6.73. The highest BCUT2D eigenvalue weighted by atomic mass is 16.6. The van der Waals surface area contributed by atoms with Crippen LogP contribution >= 0.6 is 0 Å². The third kappa shape index (κ3) is 2.54. The lowest BCUT2D eigenvalue weighted by atomic mass is 10.1. The van der Waals surface area contributed by atoms with Crippen molar-refractivity contribution in [2.75, 3.05) is 0 Å². The second-order valence-corrected chi connectivity index (χ2v) is 2.51. The summed E-state index contributed by atoms with van der Waals surface area (Å²) < 4.78 is 0. The van der Waals surface area contributed by atoms with E-state index in [2.05, 4.69) is 0 Å². The smallest absolute Gasteiger partial charge is 0.235 e. The molecule has 0 aliphatic rings. The second-order valence-electron chi connectivity index (χ2n) is 2.51. The fraction of sp³-hybridized carbons (Fsp3) is 0.111. The zero-order valence-corrected chi connectivity index (χ0v) is 6.73. The van der Waals surface area contributed by atoms with Crippen LogP contribution in [0.5, 0.6) is 0 Å². The van der Waals surface area contributed by atoms with Gasteiger partial charge in [0.05, 0.1) is 4.92 Å². The van der Waals surface area contributed by atoms with Crippen LogP contribution in [-0.4, -0.2) is 4.92 Å². The predicted octanol–water partition coefficient (Wildman–Crippen LogP) is 2.24. The number of rotatable bonds is 2. The summed E-state index contributed by atoms with van der Waals surface area (Å²) in [6.07, 6.45) is 2.41. The summed E-state index contributed by atoms with van der Waals surface area (Å²) in [6, 6.07) is 7.52. The van der Waals surface area contributed by atoms with Gasteiger partial charge in [-0.05, 0) is 12.5 Å². The first-order valence-electron chi connectivity index (χ1n) is 3.57. The molecule has 0 N–H and O–H groups in total. The third-order valence-electron chi connectivity index (χ3n) is 1.47. The Morgan fingerprint density at radius 1 is 1.33 bits per heavy atom. The molecule has 3 nitrogen and oxygen atoms in total. The standard InChI is InChI=1S/C9H9NO2/c1-8-2-4-9(5-3-8)6-7-10(11)12/h2-7H,1H3. The molecule has 0 bridgehead atoms. The molecule has 0 aromatic heterocycles. The molecule has 1 rings (SSSR count). The minimum absolute atomic E-state index is 0.472. The van der Waals surface area contributed by atoms with Gasteiger partial charge < -0.3 is 0 Å². The van der Waals surface area contributed by atoms with E-state index in [1.165, 1.54) is 6.08 Å². The molecule has 12 heavy (non-hydrogen) atoms. The van der Waals surface area contributed by atoms with Crippen molar-refractivity contribution in [3.05, 3.63) is 51.7 Å². The Labute approximate surface area is 70.5 Å². The Kier molecular flexibility index (Phi) is 2.58. The van der Waals surface area contributed by atoms with E-state index < -0.39 is 4.92 Å². The van der Waals surface area contributed by atoms with Gasteiger partial charge in [0.25, 0.3) is 0 Å². The minimum atomic E-state index is -0.472. The zero-order chi connectivity index (χ0) is 8.97. The van der Waals surface area contributed by atoms with Crippen molar-refractivity contribution < 1.29 is 4.92 Å².